The number of hydrazone groups is 1. The number of methoxy groups -OCH3 is 1. The third-order valence-corrected chi connectivity index (χ3v) is 3.14. The quantitative estimate of drug-likeness (QED) is 0.425. The fourth-order valence-corrected chi connectivity index (χ4v) is 1.80. The second-order valence-corrected chi connectivity index (χ2v) is 5.61. The van der Waals surface area contributed by atoms with Crippen LogP contribution in [0.5, 0.6) is 11.5 Å². The maximum Gasteiger partial charge on any atom is 0.277 e. The highest BCUT2D eigenvalue weighted by molar-refractivity contribution is 5.79. The molecular formula is C19H26N2O3. The number of nitrogens with one attached hydrogen (secondary N) is 1. The van der Waals surface area contributed by atoms with E-state index < -0.39 is 0 Å². The molecule has 0 aliphatic rings. The number of carbonyl (C=O) groups excluding carboxylic acids is 1. The lowest BCUT2D eigenvalue weighted by atomic mass is 10.1. The largest absolute Gasteiger partial charge is 0.497 e. The van der Waals surface area contributed by atoms with Crippen LogP contribution in [0.25, 0.3) is 0 Å². The first kappa shape index (κ1) is 19.5. The van der Waals surface area contributed by atoms with Gasteiger partial charge in [-0.1, -0.05) is 17.2 Å². The average molecular weight is 330 g/mol. The van der Waals surface area contributed by atoms with Crippen LogP contribution in [0.1, 0.15) is 33.6 Å². The number of benzene rings is 1. The molecule has 0 saturated heterocycles. The molecule has 1 aromatic carbocycles. The van der Waals surface area contributed by atoms with E-state index in [1.807, 2.05) is 13.0 Å². The van der Waals surface area contributed by atoms with Gasteiger partial charge in [-0.25, -0.2) is 5.43 Å². The Morgan fingerprint density at radius 1 is 1.17 bits per heavy atom. The van der Waals surface area contributed by atoms with Crippen molar-refractivity contribution in [1.82, 2.24) is 5.43 Å². The summed E-state index contributed by atoms with van der Waals surface area (Å²) in [5.74, 6) is 1.03. The monoisotopic (exact) mass is 330 g/mol. The molecule has 1 rings (SSSR count). The minimum Gasteiger partial charge on any atom is -0.497 e. The van der Waals surface area contributed by atoms with E-state index >= 15 is 0 Å². The van der Waals surface area contributed by atoms with Gasteiger partial charge in [0.25, 0.3) is 5.91 Å². The van der Waals surface area contributed by atoms with Crippen LogP contribution in [0.2, 0.25) is 0 Å². The Kier molecular flexibility index (Phi) is 8.97. The first-order chi connectivity index (χ1) is 11.5. The van der Waals surface area contributed by atoms with Crippen LogP contribution in [-0.4, -0.2) is 25.8 Å². The molecule has 0 saturated carbocycles. The summed E-state index contributed by atoms with van der Waals surface area (Å²) in [6.07, 6.45) is 7.67. The van der Waals surface area contributed by atoms with Gasteiger partial charge < -0.3 is 9.47 Å². The smallest absolute Gasteiger partial charge is 0.277 e. The summed E-state index contributed by atoms with van der Waals surface area (Å²) in [5.41, 5.74) is 4.96. The minimum absolute atomic E-state index is 0.0903. The number of ether oxygens (including phenoxy) is 2. The minimum atomic E-state index is -0.308. The van der Waals surface area contributed by atoms with Crippen molar-refractivity contribution in [3.8, 4) is 11.5 Å². The molecule has 0 radical (unpaired) electrons. The number of amides is 1. The van der Waals surface area contributed by atoms with Gasteiger partial charge in [0, 0.05) is 6.21 Å². The van der Waals surface area contributed by atoms with E-state index in [0.29, 0.717) is 5.75 Å². The average Bonchev–Trinajstić information content (AvgIpc) is 2.57. The van der Waals surface area contributed by atoms with Gasteiger partial charge in [0.15, 0.2) is 6.61 Å². The Bertz CT molecular complexity index is 598. The molecule has 0 spiro atoms. The van der Waals surface area contributed by atoms with E-state index in [1.165, 1.54) is 11.1 Å². The Morgan fingerprint density at radius 3 is 2.46 bits per heavy atom. The Balaban J connectivity index is 2.28. The van der Waals surface area contributed by atoms with Crippen molar-refractivity contribution in [2.75, 3.05) is 13.7 Å². The molecule has 1 N–H and O–H groups in total. The van der Waals surface area contributed by atoms with Crippen molar-refractivity contribution < 1.29 is 14.3 Å². The predicted molar refractivity (Wildman–Crippen MR) is 97.5 cm³/mol. The zero-order valence-electron chi connectivity index (χ0n) is 14.8. The number of nitrogens with zero attached hydrogens (tertiary/aromatic N) is 1. The zero-order valence-corrected chi connectivity index (χ0v) is 14.8. The molecule has 1 amide bonds. The van der Waals surface area contributed by atoms with Crippen LogP contribution in [0, 0.1) is 0 Å². The summed E-state index contributed by atoms with van der Waals surface area (Å²) < 4.78 is 10.4. The van der Waals surface area contributed by atoms with E-state index in [1.54, 1.807) is 37.6 Å². The molecule has 0 atom stereocenters. The lowest BCUT2D eigenvalue weighted by Crippen LogP contribution is -2.24. The van der Waals surface area contributed by atoms with Crippen molar-refractivity contribution in [2.45, 2.75) is 33.6 Å². The van der Waals surface area contributed by atoms with Gasteiger partial charge in [-0.15, -0.1) is 0 Å². The summed E-state index contributed by atoms with van der Waals surface area (Å²) in [6.45, 7) is 6.13. The Hall–Kier alpha value is -2.56. The summed E-state index contributed by atoms with van der Waals surface area (Å²) in [7, 11) is 1.60. The van der Waals surface area contributed by atoms with Crippen LogP contribution >= 0.6 is 0 Å². The highest BCUT2D eigenvalue weighted by Gasteiger charge is 2.01. The van der Waals surface area contributed by atoms with Crippen LogP contribution in [-0.2, 0) is 4.79 Å². The molecular weight excluding hydrogens is 304 g/mol. The first-order valence-corrected chi connectivity index (χ1v) is 7.89. The summed E-state index contributed by atoms with van der Waals surface area (Å²) in [5, 5.41) is 3.88. The van der Waals surface area contributed by atoms with E-state index in [-0.39, 0.29) is 12.5 Å². The van der Waals surface area contributed by atoms with E-state index in [4.69, 9.17) is 9.47 Å². The van der Waals surface area contributed by atoms with Gasteiger partial charge in [0.05, 0.1) is 7.11 Å². The van der Waals surface area contributed by atoms with Crippen LogP contribution in [0.15, 0.2) is 52.7 Å². The van der Waals surface area contributed by atoms with Crippen LogP contribution in [0.3, 0.4) is 0 Å². The van der Waals surface area contributed by atoms with Crippen LogP contribution in [0.4, 0.5) is 0 Å². The number of carbonyl (C=O) groups is 1. The fourth-order valence-electron chi connectivity index (χ4n) is 1.80. The molecule has 0 unspecified atom stereocenters. The molecule has 0 bridgehead atoms. The molecule has 0 aliphatic heterocycles. The van der Waals surface area contributed by atoms with Crippen molar-refractivity contribution >= 4 is 12.1 Å². The van der Waals surface area contributed by atoms with Gasteiger partial charge in [-0.2, -0.15) is 5.10 Å². The third kappa shape index (κ3) is 8.78. The molecule has 5 heteroatoms. The molecule has 0 fully saturated rings. The van der Waals surface area contributed by atoms with Gasteiger partial charge >= 0.3 is 0 Å². The third-order valence-electron chi connectivity index (χ3n) is 3.14. The van der Waals surface area contributed by atoms with Gasteiger partial charge in [-0.05, 0) is 64.0 Å². The Morgan fingerprint density at radius 2 is 1.83 bits per heavy atom. The zero-order chi connectivity index (χ0) is 17.8. The van der Waals surface area contributed by atoms with E-state index in [0.717, 1.165) is 18.6 Å². The summed E-state index contributed by atoms with van der Waals surface area (Å²) in [6, 6.07) is 7.03. The lowest BCUT2D eigenvalue weighted by molar-refractivity contribution is -0.123. The number of allylic oxidation sites excluding steroid dienone is 4. The maximum absolute atomic E-state index is 11.6. The highest BCUT2D eigenvalue weighted by Crippen LogP contribution is 2.16. The van der Waals surface area contributed by atoms with Gasteiger partial charge in [0.1, 0.15) is 11.5 Å². The summed E-state index contributed by atoms with van der Waals surface area (Å²) in [4.78, 5) is 11.6. The van der Waals surface area contributed by atoms with E-state index in [2.05, 4.69) is 30.5 Å². The first-order valence-electron chi connectivity index (χ1n) is 7.89. The molecule has 130 valence electrons. The molecule has 0 aromatic heterocycles. The predicted octanol–water partition coefficient (Wildman–Crippen LogP) is 3.87. The molecule has 24 heavy (non-hydrogen) atoms. The molecule has 0 aliphatic carbocycles. The highest BCUT2D eigenvalue weighted by atomic mass is 16.5. The second-order valence-electron chi connectivity index (χ2n) is 5.61. The van der Waals surface area contributed by atoms with Gasteiger partial charge in [-0.3, -0.25) is 4.79 Å². The summed E-state index contributed by atoms with van der Waals surface area (Å²) >= 11 is 0. The van der Waals surface area contributed by atoms with Crippen molar-refractivity contribution in [1.29, 1.82) is 0 Å². The normalized spacial score (nSPS) is 11.2. The maximum atomic E-state index is 11.6. The number of hydrogen-bond donors (Lipinski definition) is 1. The lowest BCUT2D eigenvalue weighted by Gasteiger charge is -2.05. The van der Waals surface area contributed by atoms with Crippen LogP contribution < -0.4 is 14.9 Å². The second kappa shape index (κ2) is 11.0. The van der Waals surface area contributed by atoms with Crippen molar-refractivity contribution in [3.63, 3.8) is 0 Å². The van der Waals surface area contributed by atoms with Crippen molar-refractivity contribution in [3.05, 3.63) is 47.6 Å². The molecule has 0 heterocycles. The topological polar surface area (TPSA) is 59.9 Å². The van der Waals surface area contributed by atoms with Gasteiger partial charge in [0.2, 0.25) is 0 Å². The SMILES string of the molecule is COc1ccc(OCC(=O)NN=CC=C(C)CCC=C(C)C)cc1. The number of hydrogen-bond acceptors (Lipinski definition) is 4. The Labute approximate surface area is 144 Å². The molecule has 5 nitrogen and oxygen atoms in total. The number of rotatable bonds is 9. The van der Waals surface area contributed by atoms with E-state index in [9.17, 15) is 4.79 Å². The van der Waals surface area contributed by atoms with Crippen molar-refractivity contribution in [2.24, 2.45) is 5.10 Å². The molecule has 1 aromatic rings. The fraction of sp³-hybridized carbons (Fsp3) is 0.368. The standard InChI is InChI=1S/C19H26N2O3/c1-15(2)6-5-7-16(3)12-13-20-21-19(22)14-24-18-10-8-17(23-4)9-11-18/h6,8-13H,5,7,14H2,1-4H3,(H,21,22).